The maximum atomic E-state index is 13.5. The van der Waals surface area contributed by atoms with Crippen LogP contribution in [0.5, 0.6) is 0 Å². The fraction of sp³-hybridized carbons (Fsp3) is 0.588. The van der Waals surface area contributed by atoms with Gasteiger partial charge in [-0.05, 0) is 31.4 Å². The van der Waals surface area contributed by atoms with Crippen molar-refractivity contribution >= 4 is 5.78 Å². The lowest BCUT2D eigenvalue weighted by molar-refractivity contribution is -0.224. The van der Waals surface area contributed by atoms with Gasteiger partial charge in [-0.15, -0.1) is 0 Å². The standard InChI is InChI=1S/C17H22F2O3/c1-17(2)10-21-15(22-11-17)9-4-3-8-14(20)16-12(18)6-5-7-13(16)19/h5-7,15H,3-4,8-11H2,1-2H3. The molecular formula is C17H22F2O3. The van der Waals surface area contributed by atoms with E-state index >= 15 is 0 Å². The van der Waals surface area contributed by atoms with Gasteiger partial charge in [-0.1, -0.05) is 19.9 Å². The van der Waals surface area contributed by atoms with E-state index in [1.807, 2.05) is 0 Å². The van der Waals surface area contributed by atoms with E-state index in [0.717, 1.165) is 12.1 Å². The summed E-state index contributed by atoms with van der Waals surface area (Å²) in [7, 11) is 0. The molecule has 0 spiro atoms. The minimum absolute atomic E-state index is 0.0365. The van der Waals surface area contributed by atoms with Crippen molar-refractivity contribution in [3.8, 4) is 0 Å². The molecule has 0 amide bonds. The fourth-order valence-electron chi connectivity index (χ4n) is 2.38. The first-order valence-electron chi connectivity index (χ1n) is 7.59. The Morgan fingerprint density at radius 1 is 1.18 bits per heavy atom. The van der Waals surface area contributed by atoms with Crippen LogP contribution >= 0.6 is 0 Å². The molecule has 1 heterocycles. The number of halogens is 2. The van der Waals surface area contributed by atoms with Crippen molar-refractivity contribution < 1.29 is 23.0 Å². The number of ether oxygens (including phenoxy) is 2. The lowest BCUT2D eigenvalue weighted by Crippen LogP contribution is -2.37. The van der Waals surface area contributed by atoms with Crippen LogP contribution in [-0.4, -0.2) is 25.3 Å². The molecule has 1 aliphatic rings. The van der Waals surface area contributed by atoms with Gasteiger partial charge in [0, 0.05) is 11.8 Å². The Hall–Kier alpha value is -1.33. The van der Waals surface area contributed by atoms with Gasteiger partial charge in [-0.2, -0.15) is 0 Å². The summed E-state index contributed by atoms with van der Waals surface area (Å²) >= 11 is 0. The monoisotopic (exact) mass is 312 g/mol. The molecule has 0 aliphatic carbocycles. The highest BCUT2D eigenvalue weighted by atomic mass is 19.1. The number of carbonyl (C=O) groups excluding carboxylic acids is 1. The Labute approximate surface area is 129 Å². The molecule has 0 saturated carbocycles. The molecule has 0 N–H and O–H groups in total. The first-order valence-corrected chi connectivity index (χ1v) is 7.59. The molecule has 0 radical (unpaired) electrons. The molecule has 5 heteroatoms. The number of ketones is 1. The molecule has 0 atom stereocenters. The van der Waals surface area contributed by atoms with Gasteiger partial charge in [0.05, 0.1) is 18.8 Å². The van der Waals surface area contributed by atoms with Crippen LogP contribution in [0, 0.1) is 17.0 Å². The molecule has 1 fully saturated rings. The number of benzene rings is 1. The highest BCUT2D eigenvalue weighted by Gasteiger charge is 2.27. The zero-order valence-corrected chi connectivity index (χ0v) is 13.0. The normalized spacial score (nSPS) is 18.4. The van der Waals surface area contributed by atoms with E-state index in [9.17, 15) is 13.6 Å². The van der Waals surface area contributed by atoms with Gasteiger partial charge in [-0.3, -0.25) is 4.79 Å². The lowest BCUT2D eigenvalue weighted by Gasteiger charge is -2.34. The van der Waals surface area contributed by atoms with Crippen molar-refractivity contribution in [3.63, 3.8) is 0 Å². The van der Waals surface area contributed by atoms with Gasteiger partial charge < -0.3 is 9.47 Å². The highest BCUT2D eigenvalue weighted by Crippen LogP contribution is 2.25. The zero-order chi connectivity index (χ0) is 16.2. The molecule has 3 nitrogen and oxygen atoms in total. The molecule has 1 saturated heterocycles. The van der Waals surface area contributed by atoms with Gasteiger partial charge in [0.15, 0.2) is 12.1 Å². The molecule has 1 aliphatic heterocycles. The Balaban J connectivity index is 1.72. The van der Waals surface area contributed by atoms with Gasteiger partial charge in [-0.25, -0.2) is 8.78 Å². The summed E-state index contributed by atoms with van der Waals surface area (Å²) in [5.74, 6) is -2.10. The van der Waals surface area contributed by atoms with E-state index < -0.39 is 23.0 Å². The van der Waals surface area contributed by atoms with E-state index in [0.29, 0.717) is 32.5 Å². The first-order chi connectivity index (χ1) is 10.4. The molecule has 1 aromatic rings. The van der Waals surface area contributed by atoms with E-state index in [1.54, 1.807) is 0 Å². The predicted octanol–water partition coefficient (Wildman–Crippen LogP) is 4.11. The fourth-order valence-corrected chi connectivity index (χ4v) is 2.38. The average molecular weight is 312 g/mol. The van der Waals surface area contributed by atoms with E-state index in [-0.39, 0.29) is 18.1 Å². The summed E-state index contributed by atoms with van der Waals surface area (Å²) in [5.41, 5.74) is -0.399. The van der Waals surface area contributed by atoms with Crippen LogP contribution in [0.2, 0.25) is 0 Å². The van der Waals surface area contributed by atoms with Crippen LogP contribution in [0.25, 0.3) is 0 Å². The lowest BCUT2D eigenvalue weighted by atomic mass is 9.95. The number of Topliss-reactive ketones (excluding diaryl/α,β-unsaturated/α-hetero) is 1. The molecule has 0 aromatic heterocycles. The molecule has 1 aromatic carbocycles. The van der Waals surface area contributed by atoms with E-state index in [4.69, 9.17) is 9.47 Å². The predicted molar refractivity (Wildman–Crippen MR) is 78.6 cm³/mol. The summed E-state index contributed by atoms with van der Waals surface area (Å²) in [4.78, 5) is 11.9. The van der Waals surface area contributed by atoms with Crippen LogP contribution in [0.15, 0.2) is 18.2 Å². The Morgan fingerprint density at radius 3 is 2.36 bits per heavy atom. The third kappa shape index (κ3) is 4.58. The quantitative estimate of drug-likeness (QED) is 0.586. The number of hydrogen-bond donors (Lipinski definition) is 0. The number of carbonyl (C=O) groups is 1. The molecule has 0 unspecified atom stereocenters. The Bertz CT molecular complexity index is 498. The van der Waals surface area contributed by atoms with E-state index in [1.165, 1.54) is 6.07 Å². The summed E-state index contributed by atoms with van der Waals surface area (Å²) in [5, 5.41) is 0. The van der Waals surface area contributed by atoms with Crippen molar-refractivity contribution in [2.24, 2.45) is 5.41 Å². The van der Waals surface area contributed by atoms with Crippen LogP contribution < -0.4 is 0 Å². The number of unbranched alkanes of at least 4 members (excludes halogenated alkanes) is 1. The van der Waals surface area contributed by atoms with E-state index in [2.05, 4.69) is 13.8 Å². The molecule has 22 heavy (non-hydrogen) atoms. The summed E-state index contributed by atoms with van der Waals surface area (Å²) < 4.78 is 38.1. The maximum absolute atomic E-state index is 13.5. The van der Waals surface area contributed by atoms with Crippen LogP contribution in [0.4, 0.5) is 8.78 Å². The van der Waals surface area contributed by atoms with Gasteiger partial charge >= 0.3 is 0 Å². The molecule has 122 valence electrons. The number of hydrogen-bond acceptors (Lipinski definition) is 3. The highest BCUT2D eigenvalue weighted by molar-refractivity contribution is 5.96. The Kier molecular flexibility index (Phi) is 5.64. The van der Waals surface area contributed by atoms with Gasteiger partial charge in [0.25, 0.3) is 0 Å². The largest absolute Gasteiger partial charge is 0.352 e. The molecular weight excluding hydrogens is 290 g/mol. The molecule has 2 rings (SSSR count). The van der Waals surface area contributed by atoms with Crippen molar-refractivity contribution in [1.82, 2.24) is 0 Å². The summed E-state index contributed by atoms with van der Waals surface area (Å²) in [6, 6.07) is 3.45. The Morgan fingerprint density at radius 2 is 1.77 bits per heavy atom. The van der Waals surface area contributed by atoms with Crippen molar-refractivity contribution in [2.45, 2.75) is 45.8 Å². The second-order valence-corrected chi connectivity index (χ2v) is 6.48. The first kappa shape index (κ1) is 17.0. The van der Waals surface area contributed by atoms with Gasteiger partial charge in [0.1, 0.15) is 11.6 Å². The van der Waals surface area contributed by atoms with Gasteiger partial charge in [0.2, 0.25) is 0 Å². The minimum Gasteiger partial charge on any atom is -0.352 e. The van der Waals surface area contributed by atoms with Crippen molar-refractivity contribution in [3.05, 3.63) is 35.4 Å². The smallest absolute Gasteiger partial charge is 0.168 e. The zero-order valence-electron chi connectivity index (χ0n) is 13.0. The summed E-state index contributed by atoms with van der Waals surface area (Å²) in [6.07, 6.45) is 1.83. The van der Waals surface area contributed by atoms with Crippen molar-refractivity contribution in [2.75, 3.05) is 13.2 Å². The molecule has 0 bridgehead atoms. The number of rotatable bonds is 6. The summed E-state index contributed by atoms with van der Waals surface area (Å²) in [6.45, 7) is 5.45. The second-order valence-electron chi connectivity index (χ2n) is 6.48. The average Bonchev–Trinajstić information content (AvgIpc) is 2.45. The van der Waals surface area contributed by atoms with Crippen LogP contribution in [0.1, 0.15) is 49.9 Å². The topological polar surface area (TPSA) is 35.5 Å². The third-order valence-corrected chi connectivity index (χ3v) is 3.66. The maximum Gasteiger partial charge on any atom is 0.168 e. The van der Waals surface area contributed by atoms with Crippen LogP contribution in [0.3, 0.4) is 0 Å². The third-order valence-electron chi connectivity index (χ3n) is 3.66. The van der Waals surface area contributed by atoms with Crippen LogP contribution in [-0.2, 0) is 9.47 Å². The second kappa shape index (κ2) is 7.29. The minimum atomic E-state index is -0.800. The van der Waals surface area contributed by atoms with Crippen molar-refractivity contribution in [1.29, 1.82) is 0 Å². The SMILES string of the molecule is CC1(C)COC(CCCCC(=O)c2c(F)cccc2F)OC1.